The lowest BCUT2D eigenvalue weighted by molar-refractivity contribution is -0.148. The second-order valence-electron chi connectivity index (χ2n) is 5.45. The van der Waals surface area contributed by atoms with Crippen LogP contribution >= 0.6 is 0 Å². The first-order valence-electron chi connectivity index (χ1n) is 7.84. The number of esters is 1. The van der Waals surface area contributed by atoms with Gasteiger partial charge >= 0.3 is 5.97 Å². The minimum absolute atomic E-state index is 0.0877. The molecule has 1 aromatic carbocycles. The van der Waals surface area contributed by atoms with Crippen LogP contribution in [-0.2, 0) is 25.5 Å². The van der Waals surface area contributed by atoms with Crippen LogP contribution < -0.4 is 10.1 Å². The minimum Gasteiger partial charge on any atom is -0.497 e. The SMILES string of the molecule is COc1ccc(CCC(=O)OCC(=O)NC[C@@H]2CCCO2)cc1. The molecule has 0 bridgehead atoms. The molecule has 1 saturated heterocycles. The lowest BCUT2D eigenvalue weighted by atomic mass is 10.1. The molecule has 1 aromatic rings. The molecule has 0 spiro atoms. The van der Waals surface area contributed by atoms with E-state index in [1.54, 1.807) is 7.11 Å². The predicted octanol–water partition coefficient (Wildman–Crippen LogP) is 1.47. The summed E-state index contributed by atoms with van der Waals surface area (Å²) in [6, 6.07) is 7.50. The first-order valence-corrected chi connectivity index (χ1v) is 7.84. The Labute approximate surface area is 136 Å². The summed E-state index contributed by atoms with van der Waals surface area (Å²) in [5.74, 6) is 0.102. The normalized spacial score (nSPS) is 16.8. The van der Waals surface area contributed by atoms with Crippen LogP contribution in [0.5, 0.6) is 5.75 Å². The first-order chi connectivity index (χ1) is 11.2. The lowest BCUT2D eigenvalue weighted by Gasteiger charge is -2.11. The van der Waals surface area contributed by atoms with Crippen molar-refractivity contribution >= 4 is 11.9 Å². The molecule has 0 unspecified atom stereocenters. The van der Waals surface area contributed by atoms with Crippen molar-refractivity contribution in [1.29, 1.82) is 0 Å². The van der Waals surface area contributed by atoms with E-state index in [1.165, 1.54) is 0 Å². The van der Waals surface area contributed by atoms with E-state index in [-0.39, 0.29) is 31.0 Å². The van der Waals surface area contributed by atoms with Crippen molar-refractivity contribution in [2.75, 3.05) is 26.9 Å². The fourth-order valence-corrected chi connectivity index (χ4v) is 2.34. The molecule has 6 heteroatoms. The van der Waals surface area contributed by atoms with Crippen LogP contribution in [0.15, 0.2) is 24.3 Å². The highest BCUT2D eigenvalue weighted by Gasteiger charge is 2.16. The van der Waals surface area contributed by atoms with Gasteiger partial charge in [0.25, 0.3) is 5.91 Å². The maximum Gasteiger partial charge on any atom is 0.306 e. The second-order valence-corrected chi connectivity index (χ2v) is 5.45. The van der Waals surface area contributed by atoms with Crippen molar-refractivity contribution < 1.29 is 23.8 Å². The molecule has 1 aliphatic rings. The third kappa shape index (κ3) is 6.28. The van der Waals surface area contributed by atoms with Gasteiger partial charge < -0.3 is 19.5 Å². The Morgan fingerprint density at radius 1 is 1.30 bits per heavy atom. The molecule has 6 nitrogen and oxygen atoms in total. The third-order valence-corrected chi connectivity index (χ3v) is 3.69. The van der Waals surface area contributed by atoms with Gasteiger partial charge in [0.1, 0.15) is 5.75 Å². The molecule has 126 valence electrons. The summed E-state index contributed by atoms with van der Waals surface area (Å²) in [6.07, 6.45) is 2.89. The van der Waals surface area contributed by atoms with E-state index in [0.717, 1.165) is 30.8 Å². The summed E-state index contributed by atoms with van der Waals surface area (Å²) < 4.78 is 15.4. The van der Waals surface area contributed by atoms with Gasteiger partial charge in [0, 0.05) is 19.6 Å². The van der Waals surface area contributed by atoms with Gasteiger partial charge in [-0.05, 0) is 37.0 Å². The Kier molecular flexibility index (Phi) is 6.87. The van der Waals surface area contributed by atoms with Crippen LogP contribution in [-0.4, -0.2) is 44.8 Å². The molecule has 2 rings (SSSR count). The fourth-order valence-electron chi connectivity index (χ4n) is 2.34. The average Bonchev–Trinajstić information content (AvgIpc) is 3.10. The molecular formula is C17H23NO5. The van der Waals surface area contributed by atoms with E-state index in [9.17, 15) is 9.59 Å². The molecule has 0 saturated carbocycles. The standard InChI is InChI=1S/C17H23NO5/c1-21-14-7-4-13(5-8-14)6-9-17(20)23-12-16(19)18-11-15-3-2-10-22-15/h4-5,7-8,15H,2-3,6,9-12H2,1H3,(H,18,19)/t15-/m0/s1. The molecule has 1 heterocycles. The molecule has 0 aliphatic carbocycles. The van der Waals surface area contributed by atoms with Crippen LogP contribution in [0.3, 0.4) is 0 Å². The van der Waals surface area contributed by atoms with Crippen molar-refractivity contribution in [1.82, 2.24) is 5.32 Å². The van der Waals surface area contributed by atoms with E-state index >= 15 is 0 Å². The number of ether oxygens (including phenoxy) is 3. The van der Waals surface area contributed by atoms with Gasteiger partial charge in [0.2, 0.25) is 0 Å². The number of hydrogen-bond donors (Lipinski definition) is 1. The molecule has 23 heavy (non-hydrogen) atoms. The average molecular weight is 321 g/mol. The number of methoxy groups -OCH3 is 1. The molecule has 1 amide bonds. The van der Waals surface area contributed by atoms with Gasteiger partial charge in [-0.1, -0.05) is 12.1 Å². The summed E-state index contributed by atoms with van der Waals surface area (Å²) in [5, 5.41) is 2.71. The van der Waals surface area contributed by atoms with Crippen molar-refractivity contribution in [3.8, 4) is 5.75 Å². The summed E-state index contributed by atoms with van der Waals surface area (Å²) in [5.41, 5.74) is 1.02. The van der Waals surface area contributed by atoms with E-state index in [1.807, 2.05) is 24.3 Å². The molecule has 1 atom stereocenters. The number of rotatable bonds is 8. The number of amides is 1. The fraction of sp³-hybridized carbons (Fsp3) is 0.529. The Bertz CT molecular complexity index is 508. The first kappa shape index (κ1) is 17.3. The second kappa shape index (κ2) is 9.15. The van der Waals surface area contributed by atoms with E-state index in [0.29, 0.717) is 13.0 Å². The van der Waals surface area contributed by atoms with Crippen molar-refractivity contribution in [3.05, 3.63) is 29.8 Å². The van der Waals surface area contributed by atoms with Crippen LogP contribution in [0.1, 0.15) is 24.8 Å². The Morgan fingerprint density at radius 2 is 2.09 bits per heavy atom. The monoisotopic (exact) mass is 321 g/mol. The summed E-state index contributed by atoms with van der Waals surface area (Å²) in [7, 11) is 1.61. The van der Waals surface area contributed by atoms with Crippen LogP contribution in [0, 0.1) is 0 Å². The van der Waals surface area contributed by atoms with E-state index in [4.69, 9.17) is 14.2 Å². The lowest BCUT2D eigenvalue weighted by Crippen LogP contribution is -2.34. The smallest absolute Gasteiger partial charge is 0.306 e. The van der Waals surface area contributed by atoms with Crippen molar-refractivity contribution in [2.45, 2.75) is 31.8 Å². The molecule has 1 N–H and O–H groups in total. The zero-order valence-corrected chi connectivity index (χ0v) is 13.4. The Balaban J connectivity index is 1.59. The molecule has 1 aliphatic heterocycles. The van der Waals surface area contributed by atoms with Crippen LogP contribution in [0.2, 0.25) is 0 Å². The molecule has 1 fully saturated rings. The Hall–Kier alpha value is -2.08. The Morgan fingerprint density at radius 3 is 2.74 bits per heavy atom. The molecular weight excluding hydrogens is 298 g/mol. The maximum atomic E-state index is 11.7. The number of benzene rings is 1. The number of hydrogen-bond acceptors (Lipinski definition) is 5. The number of carbonyl (C=O) groups excluding carboxylic acids is 2. The van der Waals surface area contributed by atoms with Gasteiger partial charge in [-0.15, -0.1) is 0 Å². The highest BCUT2D eigenvalue weighted by Crippen LogP contribution is 2.13. The topological polar surface area (TPSA) is 73.9 Å². The van der Waals surface area contributed by atoms with Crippen LogP contribution in [0.25, 0.3) is 0 Å². The summed E-state index contributed by atoms with van der Waals surface area (Å²) >= 11 is 0. The highest BCUT2D eigenvalue weighted by molar-refractivity contribution is 5.80. The summed E-state index contributed by atoms with van der Waals surface area (Å²) in [4.78, 5) is 23.2. The van der Waals surface area contributed by atoms with Gasteiger partial charge in [0.15, 0.2) is 6.61 Å². The van der Waals surface area contributed by atoms with Gasteiger partial charge in [-0.3, -0.25) is 9.59 Å². The quantitative estimate of drug-likeness (QED) is 0.734. The predicted molar refractivity (Wildman–Crippen MR) is 84.3 cm³/mol. The van der Waals surface area contributed by atoms with Gasteiger partial charge in [-0.2, -0.15) is 0 Å². The van der Waals surface area contributed by atoms with E-state index < -0.39 is 0 Å². The van der Waals surface area contributed by atoms with Gasteiger partial charge in [0.05, 0.1) is 13.2 Å². The number of nitrogens with one attached hydrogen (secondary N) is 1. The maximum absolute atomic E-state index is 11.7. The third-order valence-electron chi connectivity index (χ3n) is 3.69. The highest BCUT2D eigenvalue weighted by atomic mass is 16.5. The van der Waals surface area contributed by atoms with E-state index in [2.05, 4.69) is 5.32 Å². The van der Waals surface area contributed by atoms with Gasteiger partial charge in [-0.25, -0.2) is 0 Å². The zero-order valence-electron chi connectivity index (χ0n) is 13.4. The number of aryl methyl sites for hydroxylation is 1. The molecule has 0 radical (unpaired) electrons. The minimum atomic E-state index is -0.381. The van der Waals surface area contributed by atoms with Crippen LogP contribution in [0.4, 0.5) is 0 Å². The zero-order chi connectivity index (χ0) is 16.5. The molecule has 0 aromatic heterocycles. The van der Waals surface area contributed by atoms with Crippen molar-refractivity contribution in [2.24, 2.45) is 0 Å². The number of carbonyl (C=O) groups is 2. The largest absolute Gasteiger partial charge is 0.497 e. The van der Waals surface area contributed by atoms with Crippen molar-refractivity contribution in [3.63, 3.8) is 0 Å². The summed E-state index contributed by atoms with van der Waals surface area (Å²) in [6.45, 7) is 0.983.